The Morgan fingerprint density at radius 2 is 2.24 bits per heavy atom. The van der Waals surface area contributed by atoms with Crippen molar-refractivity contribution in [3.63, 3.8) is 0 Å². The molecule has 1 amide bonds. The van der Waals surface area contributed by atoms with Gasteiger partial charge in [0.05, 0.1) is 11.6 Å². The normalized spacial score (nSPS) is 19.4. The Balaban J connectivity index is 1.95. The zero-order valence-electron chi connectivity index (χ0n) is 12.2. The SMILES string of the molecule is CC(C)(O)C1CCCN1C(=O)c1cc2c(F)cccc2[nH]1. The second-order valence-electron chi connectivity index (χ2n) is 6.19. The number of aromatic nitrogens is 1. The van der Waals surface area contributed by atoms with E-state index in [1.165, 1.54) is 6.07 Å². The van der Waals surface area contributed by atoms with Crippen LogP contribution < -0.4 is 0 Å². The average Bonchev–Trinajstić information content (AvgIpc) is 3.04. The van der Waals surface area contributed by atoms with Crippen LogP contribution in [0.3, 0.4) is 0 Å². The maximum atomic E-state index is 13.7. The first kappa shape index (κ1) is 14.1. The Morgan fingerprint density at radius 3 is 2.90 bits per heavy atom. The summed E-state index contributed by atoms with van der Waals surface area (Å²) >= 11 is 0. The Bertz CT molecular complexity index is 687. The zero-order valence-corrected chi connectivity index (χ0v) is 12.2. The van der Waals surface area contributed by atoms with Crippen LogP contribution in [-0.2, 0) is 0 Å². The summed E-state index contributed by atoms with van der Waals surface area (Å²) in [6.07, 6.45) is 1.65. The molecule has 3 rings (SSSR count). The van der Waals surface area contributed by atoms with Crippen LogP contribution in [0.5, 0.6) is 0 Å². The smallest absolute Gasteiger partial charge is 0.270 e. The van der Waals surface area contributed by atoms with Crippen molar-refractivity contribution in [3.8, 4) is 0 Å². The lowest BCUT2D eigenvalue weighted by Crippen LogP contribution is -2.48. The number of likely N-dealkylation sites (tertiary alicyclic amines) is 1. The van der Waals surface area contributed by atoms with Crippen LogP contribution >= 0.6 is 0 Å². The van der Waals surface area contributed by atoms with Crippen molar-refractivity contribution in [1.82, 2.24) is 9.88 Å². The highest BCUT2D eigenvalue weighted by molar-refractivity contribution is 5.98. The molecule has 0 saturated carbocycles. The third kappa shape index (κ3) is 2.42. The quantitative estimate of drug-likeness (QED) is 0.893. The maximum absolute atomic E-state index is 13.7. The lowest BCUT2D eigenvalue weighted by atomic mass is 9.96. The topological polar surface area (TPSA) is 56.3 Å². The molecule has 1 aliphatic heterocycles. The van der Waals surface area contributed by atoms with Crippen LogP contribution in [0.1, 0.15) is 37.2 Å². The molecular weight excluding hydrogens is 271 g/mol. The number of carbonyl (C=O) groups excluding carboxylic acids is 1. The van der Waals surface area contributed by atoms with E-state index >= 15 is 0 Å². The number of hydrogen-bond acceptors (Lipinski definition) is 2. The van der Waals surface area contributed by atoms with Gasteiger partial charge in [-0.15, -0.1) is 0 Å². The first-order chi connectivity index (χ1) is 9.88. The van der Waals surface area contributed by atoms with Crippen LogP contribution in [0.2, 0.25) is 0 Å². The number of aromatic amines is 1. The molecule has 112 valence electrons. The minimum Gasteiger partial charge on any atom is -0.388 e. The molecule has 1 saturated heterocycles. The van der Waals surface area contributed by atoms with Gasteiger partial charge in [0.15, 0.2) is 0 Å². The molecular formula is C16H19FN2O2. The highest BCUT2D eigenvalue weighted by atomic mass is 19.1. The van der Waals surface area contributed by atoms with Gasteiger partial charge in [0.2, 0.25) is 0 Å². The largest absolute Gasteiger partial charge is 0.388 e. The molecule has 2 heterocycles. The molecule has 5 heteroatoms. The van der Waals surface area contributed by atoms with E-state index in [0.29, 0.717) is 23.1 Å². The van der Waals surface area contributed by atoms with Gasteiger partial charge < -0.3 is 15.0 Å². The summed E-state index contributed by atoms with van der Waals surface area (Å²) in [5.74, 6) is -0.529. The highest BCUT2D eigenvalue weighted by Gasteiger charge is 2.39. The van der Waals surface area contributed by atoms with Crippen LogP contribution in [0.25, 0.3) is 10.9 Å². The number of carbonyl (C=O) groups is 1. The van der Waals surface area contributed by atoms with E-state index in [1.807, 2.05) is 0 Å². The van der Waals surface area contributed by atoms with Gasteiger partial charge in [0.25, 0.3) is 5.91 Å². The lowest BCUT2D eigenvalue weighted by molar-refractivity contribution is 0.000157. The second-order valence-corrected chi connectivity index (χ2v) is 6.19. The fourth-order valence-electron chi connectivity index (χ4n) is 3.13. The number of fused-ring (bicyclic) bond motifs is 1. The van der Waals surface area contributed by atoms with E-state index in [4.69, 9.17) is 0 Å². The minimum atomic E-state index is -0.941. The molecule has 1 unspecified atom stereocenters. The molecule has 21 heavy (non-hydrogen) atoms. The van der Waals surface area contributed by atoms with Crippen LogP contribution in [-0.4, -0.2) is 39.1 Å². The minimum absolute atomic E-state index is 0.185. The number of halogens is 1. The number of H-pyrrole nitrogens is 1. The molecule has 1 aliphatic rings. The molecule has 1 aromatic carbocycles. The van der Waals surface area contributed by atoms with Crippen molar-refractivity contribution in [2.45, 2.75) is 38.3 Å². The van der Waals surface area contributed by atoms with Gasteiger partial charge in [-0.25, -0.2) is 4.39 Å². The summed E-state index contributed by atoms with van der Waals surface area (Å²) in [4.78, 5) is 17.3. The lowest BCUT2D eigenvalue weighted by Gasteiger charge is -2.33. The van der Waals surface area contributed by atoms with Gasteiger partial charge in [0, 0.05) is 17.4 Å². The molecule has 0 bridgehead atoms. The van der Waals surface area contributed by atoms with Crippen molar-refractivity contribution in [3.05, 3.63) is 35.8 Å². The van der Waals surface area contributed by atoms with Crippen molar-refractivity contribution in [2.24, 2.45) is 0 Å². The summed E-state index contributed by atoms with van der Waals surface area (Å²) in [6, 6.07) is 6.07. The van der Waals surface area contributed by atoms with Gasteiger partial charge >= 0.3 is 0 Å². The van der Waals surface area contributed by atoms with Crippen molar-refractivity contribution < 1.29 is 14.3 Å². The monoisotopic (exact) mass is 290 g/mol. The van der Waals surface area contributed by atoms with E-state index in [0.717, 1.165) is 12.8 Å². The summed E-state index contributed by atoms with van der Waals surface area (Å²) in [5.41, 5.74) is 0.0345. The van der Waals surface area contributed by atoms with Crippen molar-refractivity contribution >= 4 is 16.8 Å². The van der Waals surface area contributed by atoms with E-state index in [-0.39, 0.29) is 17.8 Å². The number of nitrogens with zero attached hydrogens (tertiary/aromatic N) is 1. The number of aliphatic hydroxyl groups is 1. The Kier molecular flexibility index (Phi) is 3.24. The Hall–Kier alpha value is -1.88. The predicted molar refractivity (Wildman–Crippen MR) is 78.6 cm³/mol. The molecule has 0 radical (unpaired) electrons. The van der Waals surface area contributed by atoms with Gasteiger partial charge in [-0.1, -0.05) is 6.07 Å². The molecule has 0 aliphatic carbocycles. The summed E-state index contributed by atoms with van der Waals surface area (Å²) in [7, 11) is 0. The van der Waals surface area contributed by atoms with Crippen LogP contribution in [0.4, 0.5) is 4.39 Å². The number of benzene rings is 1. The molecule has 0 spiro atoms. The van der Waals surface area contributed by atoms with Crippen LogP contribution in [0, 0.1) is 5.82 Å². The van der Waals surface area contributed by atoms with Gasteiger partial charge in [-0.2, -0.15) is 0 Å². The predicted octanol–water partition coefficient (Wildman–Crippen LogP) is 2.68. The summed E-state index contributed by atoms with van der Waals surface area (Å²) in [5, 5.41) is 10.6. The maximum Gasteiger partial charge on any atom is 0.270 e. The van der Waals surface area contributed by atoms with E-state index < -0.39 is 5.60 Å². The van der Waals surface area contributed by atoms with Crippen LogP contribution in [0.15, 0.2) is 24.3 Å². The van der Waals surface area contributed by atoms with Gasteiger partial charge in [-0.3, -0.25) is 4.79 Å². The van der Waals surface area contributed by atoms with Crippen molar-refractivity contribution in [1.29, 1.82) is 0 Å². The molecule has 1 atom stereocenters. The standard InChI is InChI=1S/C16H19FN2O2/c1-16(2,21)14-7-4-8-19(14)15(20)13-9-10-11(17)5-3-6-12(10)18-13/h3,5-6,9,14,18,21H,4,7-8H2,1-2H3. The molecule has 4 nitrogen and oxygen atoms in total. The number of rotatable bonds is 2. The first-order valence-corrected chi connectivity index (χ1v) is 7.18. The van der Waals surface area contributed by atoms with E-state index in [9.17, 15) is 14.3 Å². The van der Waals surface area contributed by atoms with Gasteiger partial charge in [-0.05, 0) is 44.9 Å². The Labute approximate surface area is 122 Å². The number of amides is 1. The second kappa shape index (κ2) is 4.84. The molecule has 2 aromatic rings. The highest BCUT2D eigenvalue weighted by Crippen LogP contribution is 2.29. The fourth-order valence-corrected chi connectivity index (χ4v) is 3.13. The first-order valence-electron chi connectivity index (χ1n) is 7.18. The molecule has 1 aromatic heterocycles. The van der Waals surface area contributed by atoms with E-state index in [2.05, 4.69) is 4.98 Å². The van der Waals surface area contributed by atoms with Gasteiger partial charge in [0.1, 0.15) is 11.5 Å². The van der Waals surface area contributed by atoms with Crippen molar-refractivity contribution in [2.75, 3.05) is 6.54 Å². The molecule has 1 fully saturated rings. The molecule has 2 N–H and O–H groups in total. The number of hydrogen-bond donors (Lipinski definition) is 2. The third-order valence-electron chi connectivity index (χ3n) is 4.17. The summed E-state index contributed by atoms with van der Waals surface area (Å²) < 4.78 is 13.7. The average molecular weight is 290 g/mol. The summed E-state index contributed by atoms with van der Waals surface area (Å²) in [6.45, 7) is 4.05. The van der Waals surface area contributed by atoms with E-state index in [1.54, 1.807) is 36.9 Å². The Morgan fingerprint density at radius 1 is 1.48 bits per heavy atom. The fraction of sp³-hybridized carbons (Fsp3) is 0.438. The number of nitrogens with one attached hydrogen (secondary N) is 1. The third-order valence-corrected chi connectivity index (χ3v) is 4.17. The zero-order chi connectivity index (χ0) is 15.2.